The Hall–Kier alpha value is -1.42. The first-order valence-corrected chi connectivity index (χ1v) is 5.00. The van der Waals surface area contributed by atoms with Crippen LogP contribution in [0.1, 0.15) is 11.4 Å². The molecule has 5 heteroatoms. The van der Waals surface area contributed by atoms with Gasteiger partial charge in [0.1, 0.15) is 18.0 Å². The van der Waals surface area contributed by atoms with Crippen LogP contribution in [0.15, 0.2) is 30.6 Å². The number of hydrogen-bond acceptors (Lipinski definition) is 2. The molecule has 0 spiro atoms. The SMILES string of the molecule is Fc1ccc(Cn2ncnc2CCl)cc1. The number of aromatic nitrogens is 3. The summed E-state index contributed by atoms with van der Waals surface area (Å²) in [5, 5.41) is 4.03. The Morgan fingerprint density at radius 1 is 1.27 bits per heavy atom. The molecular formula is C10H9ClFN3. The molecule has 0 radical (unpaired) electrons. The summed E-state index contributed by atoms with van der Waals surface area (Å²) in [5.41, 5.74) is 0.966. The van der Waals surface area contributed by atoms with Crippen LogP contribution in [-0.2, 0) is 12.4 Å². The fourth-order valence-electron chi connectivity index (χ4n) is 1.29. The van der Waals surface area contributed by atoms with Crippen molar-refractivity contribution in [2.24, 2.45) is 0 Å². The molecule has 0 bridgehead atoms. The Balaban J connectivity index is 2.18. The third-order valence-corrected chi connectivity index (χ3v) is 2.30. The molecule has 2 rings (SSSR count). The van der Waals surface area contributed by atoms with Gasteiger partial charge in [0.2, 0.25) is 0 Å². The van der Waals surface area contributed by atoms with Crippen LogP contribution in [0.25, 0.3) is 0 Å². The zero-order chi connectivity index (χ0) is 10.7. The molecule has 0 N–H and O–H groups in total. The van der Waals surface area contributed by atoms with Crippen molar-refractivity contribution in [3.8, 4) is 0 Å². The highest BCUT2D eigenvalue weighted by atomic mass is 35.5. The summed E-state index contributed by atoms with van der Waals surface area (Å²) < 4.78 is 14.3. The molecule has 0 aliphatic heterocycles. The normalized spacial score (nSPS) is 10.5. The van der Waals surface area contributed by atoms with Crippen LogP contribution in [0.2, 0.25) is 0 Å². The van der Waals surface area contributed by atoms with Crippen molar-refractivity contribution in [3.63, 3.8) is 0 Å². The highest BCUT2D eigenvalue weighted by Crippen LogP contribution is 2.06. The summed E-state index contributed by atoms with van der Waals surface area (Å²) >= 11 is 5.68. The number of alkyl halides is 1. The standard InChI is InChI=1S/C10H9ClFN3/c11-5-10-13-7-14-15(10)6-8-1-3-9(12)4-2-8/h1-4,7H,5-6H2. The van der Waals surface area contributed by atoms with Gasteiger partial charge in [0.05, 0.1) is 12.4 Å². The molecule has 78 valence electrons. The van der Waals surface area contributed by atoms with Crippen molar-refractivity contribution in [3.05, 3.63) is 47.8 Å². The van der Waals surface area contributed by atoms with E-state index >= 15 is 0 Å². The second kappa shape index (κ2) is 4.40. The molecule has 1 aromatic heterocycles. The molecule has 15 heavy (non-hydrogen) atoms. The van der Waals surface area contributed by atoms with Crippen LogP contribution in [0.3, 0.4) is 0 Å². The van der Waals surface area contributed by atoms with Crippen molar-refractivity contribution < 1.29 is 4.39 Å². The number of hydrogen-bond donors (Lipinski definition) is 0. The third-order valence-electron chi connectivity index (χ3n) is 2.06. The Morgan fingerprint density at radius 3 is 2.67 bits per heavy atom. The van der Waals surface area contributed by atoms with E-state index in [0.717, 1.165) is 5.56 Å². The van der Waals surface area contributed by atoms with Gasteiger partial charge < -0.3 is 0 Å². The lowest BCUT2D eigenvalue weighted by atomic mass is 10.2. The summed E-state index contributed by atoms with van der Waals surface area (Å²) in [5.74, 6) is 0.789. The van der Waals surface area contributed by atoms with Crippen LogP contribution >= 0.6 is 11.6 Å². The lowest BCUT2D eigenvalue weighted by Crippen LogP contribution is -2.05. The maximum atomic E-state index is 12.7. The van der Waals surface area contributed by atoms with E-state index in [-0.39, 0.29) is 5.82 Å². The zero-order valence-electron chi connectivity index (χ0n) is 7.90. The van der Waals surface area contributed by atoms with Crippen LogP contribution < -0.4 is 0 Å². The lowest BCUT2D eigenvalue weighted by Gasteiger charge is -2.03. The molecule has 0 atom stereocenters. The van der Waals surface area contributed by atoms with E-state index in [2.05, 4.69) is 10.1 Å². The Bertz CT molecular complexity index is 438. The van der Waals surface area contributed by atoms with Crippen LogP contribution in [-0.4, -0.2) is 14.8 Å². The second-order valence-corrected chi connectivity index (χ2v) is 3.36. The van der Waals surface area contributed by atoms with Gasteiger partial charge in [-0.1, -0.05) is 12.1 Å². The van der Waals surface area contributed by atoms with Gasteiger partial charge in [0.25, 0.3) is 0 Å². The molecule has 0 saturated carbocycles. The first-order valence-electron chi connectivity index (χ1n) is 4.46. The van der Waals surface area contributed by atoms with Crippen molar-refractivity contribution in [2.75, 3.05) is 0 Å². The number of nitrogens with zero attached hydrogens (tertiary/aromatic N) is 3. The minimum atomic E-state index is -0.241. The summed E-state index contributed by atoms with van der Waals surface area (Å²) in [6.07, 6.45) is 1.46. The van der Waals surface area contributed by atoms with Gasteiger partial charge in [-0.15, -0.1) is 11.6 Å². The summed E-state index contributed by atoms with van der Waals surface area (Å²) in [7, 11) is 0. The first-order chi connectivity index (χ1) is 7.29. The fourth-order valence-corrected chi connectivity index (χ4v) is 1.49. The van der Waals surface area contributed by atoms with Crippen molar-refractivity contribution in [1.29, 1.82) is 0 Å². The predicted molar refractivity (Wildman–Crippen MR) is 55.1 cm³/mol. The number of rotatable bonds is 3. The van der Waals surface area contributed by atoms with Crippen molar-refractivity contribution in [2.45, 2.75) is 12.4 Å². The van der Waals surface area contributed by atoms with E-state index in [0.29, 0.717) is 18.2 Å². The average Bonchev–Trinajstić information content (AvgIpc) is 2.69. The van der Waals surface area contributed by atoms with Crippen LogP contribution in [0.5, 0.6) is 0 Å². The van der Waals surface area contributed by atoms with Crippen LogP contribution in [0, 0.1) is 5.82 Å². The minimum Gasteiger partial charge on any atom is -0.244 e. The molecule has 0 aliphatic carbocycles. The molecule has 0 unspecified atom stereocenters. The van der Waals surface area contributed by atoms with Gasteiger partial charge in [-0.25, -0.2) is 14.1 Å². The van der Waals surface area contributed by atoms with E-state index in [1.165, 1.54) is 18.5 Å². The molecule has 3 nitrogen and oxygen atoms in total. The van der Waals surface area contributed by atoms with Crippen LogP contribution in [0.4, 0.5) is 4.39 Å². The van der Waals surface area contributed by atoms with Gasteiger partial charge in [-0.3, -0.25) is 0 Å². The monoisotopic (exact) mass is 225 g/mol. The zero-order valence-corrected chi connectivity index (χ0v) is 8.65. The topological polar surface area (TPSA) is 30.7 Å². The van der Waals surface area contributed by atoms with Crippen molar-refractivity contribution >= 4 is 11.6 Å². The second-order valence-electron chi connectivity index (χ2n) is 3.09. The highest BCUT2D eigenvalue weighted by molar-refractivity contribution is 6.16. The molecule has 0 amide bonds. The minimum absolute atomic E-state index is 0.241. The van der Waals surface area contributed by atoms with Gasteiger partial charge in [-0.2, -0.15) is 5.10 Å². The summed E-state index contributed by atoms with van der Waals surface area (Å²) in [6, 6.07) is 6.28. The largest absolute Gasteiger partial charge is 0.244 e. The molecule has 0 aliphatic rings. The summed E-state index contributed by atoms with van der Waals surface area (Å²) in [4.78, 5) is 3.99. The molecule has 1 aromatic carbocycles. The maximum absolute atomic E-state index is 12.7. The van der Waals surface area contributed by atoms with Gasteiger partial charge in [0.15, 0.2) is 0 Å². The number of halogens is 2. The fraction of sp³-hybridized carbons (Fsp3) is 0.200. The lowest BCUT2D eigenvalue weighted by molar-refractivity contribution is 0.622. The maximum Gasteiger partial charge on any atom is 0.142 e. The quantitative estimate of drug-likeness (QED) is 0.750. The van der Waals surface area contributed by atoms with Gasteiger partial charge >= 0.3 is 0 Å². The van der Waals surface area contributed by atoms with E-state index in [1.807, 2.05) is 0 Å². The van der Waals surface area contributed by atoms with E-state index in [1.54, 1.807) is 16.8 Å². The molecule has 0 saturated heterocycles. The first kappa shape index (κ1) is 10.1. The molecular weight excluding hydrogens is 217 g/mol. The summed E-state index contributed by atoms with van der Waals surface area (Å²) in [6.45, 7) is 0.558. The molecule has 0 fully saturated rings. The van der Waals surface area contributed by atoms with Gasteiger partial charge in [0, 0.05) is 0 Å². The van der Waals surface area contributed by atoms with E-state index < -0.39 is 0 Å². The third kappa shape index (κ3) is 2.33. The smallest absolute Gasteiger partial charge is 0.142 e. The van der Waals surface area contributed by atoms with Gasteiger partial charge in [-0.05, 0) is 17.7 Å². The predicted octanol–water partition coefficient (Wildman–Crippen LogP) is 2.20. The Morgan fingerprint density at radius 2 is 2.00 bits per heavy atom. The van der Waals surface area contributed by atoms with E-state index in [9.17, 15) is 4.39 Å². The highest BCUT2D eigenvalue weighted by Gasteiger charge is 2.03. The Kier molecular flexibility index (Phi) is 2.97. The number of benzene rings is 1. The molecule has 1 heterocycles. The average molecular weight is 226 g/mol. The van der Waals surface area contributed by atoms with Crippen molar-refractivity contribution in [1.82, 2.24) is 14.8 Å². The molecule has 2 aromatic rings. The van der Waals surface area contributed by atoms with E-state index in [4.69, 9.17) is 11.6 Å². The Labute approximate surface area is 91.5 Å².